The fourth-order valence-electron chi connectivity index (χ4n) is 1.80. The maximum absolute atomic E-state index is 10.1. The summed E-state index contributed by atoms with van der Waals surface area (Å²) in [5.74, 6) is 0. The van der Waals surface area contributed by atoms with Gasteiger partial charge >= 0.3 is 0 Å². The third-order valence-electron chi connectivity index (χ3n) is 3.05. The summed E-state index contributed by atoms with van der Waals surface area (Å²) in [6.45, 7) is 6.88. The van der Waals surface area contributed by atoms with Crippen LogP contribution in [0.5, 0.6) is 0 Å². The van der Waals surface area contributed by atoms with E-state index < -0.39 is 20.3 Å². The Morgan fingerprint density at radius 1 is 1.32 bits per heavy atom. The molecule has 0 spiro atoms. The van der Waals surface area contributed by atoms with Crippen molar-refractivity contribution in [2.45, 2.75) is 38.3 Å². The topological polar surface area (TPSA) is 89.2 Å². The molecule has 104 valence electrons. The van der Waals surface area contributed by atoms with Crippen molar-refractivity contribution in [2.24, 2.45) is 5.11 Å². The molecule has 19 heavy (non-hydrogen) atoms. The van der Waals surface area contributed by atoms with E-state index in [4.69, 9.17) is 5.53 Å². The first-order valence-electron chi connectivity index (χ1n) is 6.33. The van der Waals surface area contributed by atoms with Crippen LogP contribution in [0.3, 0.4) is 0 Å². The highest BCUT2D eigenvalue weighted by Crippen LogP contribution is 2.19. The van der Waals surface area contributed by atoms with Crippen LogP contribution in [0.2, 0.25) is 19.6 Å². The van der Waals surface area contributed by atoms with E-state index in [2.05, 4.69) is 35.7 Å². The average Bonchev–Trinajstić information content (AvgIpc) is 2.37. The minimum atomic E-state index is -1.44. The molecule has 0 saturated heterocycles. The summed E-state index contributed by atoms with van der Waals surface area (Å²) in [6.07, 6.45) is -1.60. The second-order valence-corrected chi connectivity index (χ2v) is 10.7. The molecule has 1 aromatic carbocycles. The highest BCUT2D eigenvalue weighted by atomic mass is 28.3. The van der Waals surface area contributed by atoms with E-state index in [-0.39, 0.29) is 13.0 Å². The maximum atomic E-state index is 10.1. The second-order valence-electron chi connectivity index (χ2n) is 5.63. The molecule has 0 aliphatic carbocycles. The van der Waals surface area contributed by atoms with Gasteiger partial charge in [0.1, 0.15) is 6.10 Å². The average molecular weight is 279 g/mol. The molecule has 1 aromatic rings. The molecule has 6 heteroatoms. The molecule has 2 N–H and O–H groups in total. The van der Waals surface area contributed by atoms with Gasteiger partial charge in [0.05, 0.1) is 14.2 Å². The molecule has 2 atom stereocenters. The number of benzene rings is 1. The molecule has 5 nitrogen and oxygen atoms in total. The molecule has 0 radical (unpaired) electrons. The van der Waals surface area contributed by atoms with Crippen molar-refractivity contribution in [1.82, 2.24) is 0 Å². The van der Waals surface area contributed by atoms with Crippen molar-refractivity contribution in [3.05, 3.63) is 40.3 Å². The van der Waals surface area contributed by atoms with Crippen molar-refractivity contribution in [2.75, 3.05) is 6.54 Å². The van der Waals surface area contributed by atoms with E-state index in [9.17, 15) is 10.2 Å². The van der Waals surface area contributed by atoms with Gasteiger partial charge < -0.3 is 10.2 Å². The van der Waals surface area contributed by atoms with E-state index in [1.165, 1.54) is 5.19 Å². The molecule has 0 amide bonds. The molecule has 0 heterocycles. The van der Waals surface area contributed by atoms with Crippen LogP contribution in [0.25, 0.3) is 10.4 Å². The molecule has 0 saturated carbocycles. The maximum Gasteiger partial charge on any atom is 0.105 e. The van der Waals surface area contributed by atoms with Crippen molar-refractivity contribution in [3.8, 4) is 0 Å². The number of hydrogen-bond acceptors (Lipinski definition) is 3. The summed E-state index contributed by atoms with van der Waals surface area (Å²) in [5.41, 5.74) is 8.90. The minimum Gasteiger partial charge on any atom is -0.390 e. The lowest BCUT2D eigenvalue weighted by Crippen LogP contribution is -2.38. The highest BCUT2D eigenvalue weighted by molar-refractivity contribution is 6.88. The van der Waals surface area contributed by atoms with Crippen LogP contribution in [0.15, 0.2) is 29.4 Å². The second kappa shape index (κ2) is 6.72. The number of hydrogen-bond donors (Lipinski definition) is 2. The number of rotatable bonds is 6. The summed E-state index contributed by atoms with van der Waals surface area (Å²) < 4.78 is 0. The first kappa shape index (κ1) is 15.7. The summed E-state index contributed by atoms with van der Waals surface area (Å²) in [7, 11) is -1.44. The molecule has 0 bridgehead atoms. The first-order valence-corrected chi connectivity index (χ1v) is 9.83. The normalized spacial score (nSPS) is 14.6. The van der Waals surface area contributed by atoms with Gasteiger partial charge in [0.25, 0.3) is 0 Å². The van der Waals surface area contributed by atoms with E-state index in [0.29, 0.717) is 5.56 Å². The molecule has 0 aliphatic heterocycles. The lowest BCUT2D eigenvalue weighted by molar-refractivity contribution is 0.0151. The summed E-state index contributed by atoms with van der Waals surface area (Å²) in [4.78, 5) is 2.62. The van der Waals surface area contributed by atoms with E-state index >= 15 is 0 Å². The predicted molar refractivity (Wildman–Crippen MR) is 79.0 cm³/mol. The van der Waals surface area contributed by atoms with E-state index in [0.717, 1.165) is 0 Å². The van der Waals surface area contributed by atoms with Crippen molar-refractivity contribution in [1.29, 1.82) is 0 Å². The standard InChI is InChI=1S/C13H21N3O2Si/c1-19(2,3)11-6-4-5-10(9-11)13(18)12(17)7-8-15-16-14/h4-6,9,12-13,17-18H,7-8H2,1-3H3. The molecule has 0 fully saturated rings. The van der Waals surface area contributed by atoms with Crippen LogP contribution in [0.1, 0.15) is 18.1 Å². The number of aliphatic hydroxyl groups excluding tert-OH is 2. The minimum absolute atomic E-state index is 0.183. The molecular formula is C13H21N3O2Si. The van der Waals surface area contributed by atoms with Gasteiger partial charge in [-0.15, -0.1) is 0 Å². The van der Waals surface area contributed by atoms with Crippen LogP contribution >= 0.6 is 0 Å². The van der Waals surface area contributed by atoms with Gasteiger partial charge in [0.2, 0.25) is 0 Å². The summed E-state index contributed by atoms with van der Waals surface area (Å²) in [5, 5.41) is 24.6. The van der Waals surface area contributed by atoms with Crippen LogP contribution < -0.4 is 5.19 Å². The molecule has 1 rings (SSSR count). The fraction of sp³-hybridized carbons (Fsp3) is 0.538. The first-order chi connectivity index (χ1) is 8.86. The number of aliphatic hydroxyl groups is 2. The number of azide groups is 1. The summed E-state index contributed by atoms with van der Waals surface area (Å²) in [6, 6.07) is 7.75. The van der Waals surface area contributed by atoms with Gasteiger partial charge in [-0.2, -0.15) is 0 Å². The fourth-order valence-corrected chi connectivity index (χ4v) is 3.00. The Balaban J connectivity index is 2.81. The third-order valence-corrected chi connectivity index (χ3v) is 5.09. The molecular weight excluding hydrogens is 258 g/mol. The van der Waals surface area contributed by atoms with Crippen LogP contribution in [-0.4, -0.2) is 30.9 Å². The van der Waals surface area contributed by atoms with Crippen molar-refractivity contribution >= 4 is 13.3 Å². The van der Waals surface area contributed by atoms with Crippen LogP contribution in [0.4, 0.5) is 0 Å². The molecule has 0 aromatic heterocycles. The Morgan fingerprint density at radius 2 is 2.00 bits per heavy atom. The van der Waals surface area contributed by atoms with Crippen molar-refractivity contribution < 1.29 is 10.2 Å². The van der Waals surface area contributed by atoms with Gasteiger partial charge in [0.15, 0.2) is 0 Å². The lowest BCUT2D eigenvalue weighted by atomic mass is 10.0. The van der Waals surface area contributed by atoms with Crippen LogP contribution in [-0.2, 0) is 0 Å². The third kappa shape index (κ3) is 4.68. The van der Waals surface area contributed by atoms with E-state index in [1.54, 1.807) is 0 Å². The molecule has 2 unspecified atom stereocenters. The van der Waals surface area contributed by atoms with Crippen LogP contribution in [0, 0.1) is 0 Å². The largest absolute Gasteiger partial charge is 0.390 e. The zero-order valence-corrected chi connectivity index (χ0v) is 12.6. The van der Waals surface area contributed by atoms with Gasteiger partial charge in [-0.05, 0) is 17.5 Å². The van der Waals surface area contributed by atoms with Gasteiger partial charge in [-0.25, -0.2) is 0 Å². The van der Waals surface area contributed by atoms with Crippen molar-refractivity contribution in [3.63, 3.8) is 0 Å². The summed E-state index contributed by atoms with van der Waals surface area (Å²) >= 11 is 0. The SMILES string of the molecule is C[Si](C)(C)c1cccc(C(O)C(O)CCN=[N+]=[N-])c1. The Morgan fingerprint density at radius 3 is 2.58 bits per heavy atom. The Labute approximate surface area is 114 Å². The zero-order valence-electron chi connectivity index (χ0n) is 11.6. The Bertz CT molecular complexity index is 467. The van der Waals surface area contributed by atoms with Gasteiger partial charge in [-0.3, -0.25) is 0 Å². The van der Waals surface area contributed by atoms with E-state index in [1.807, 2.05) is 18.2 Å². The molecule has 0 aliphatic rings. The number of nitrogens with zero attached hydrogens (tertiary/aromatic N) is 3. The quantitative estimate of drug-likeness (QED) is 0.362. The Kier molecular flexibility index (Phi) is 5.56. The smallest absolute Gasteiger partial charge is 0.105 e. The zero-order chi connectivity index (χ0) is 14.5. The predicted octanol–water partition coefficient (Wildman–Crippen LogP) is 2.33. The monoisotopic (exact) mass is 279 g/mol. The Hall–Kier alpha value is -1.33. The lowest BCUT2D eigenvalue weighted by Gasteiger charge is -2.21. The van der Waals surface area contributed by atoms with Gasteiger partial charge in [0, 0.05) is 11.5 Å². The highest BCUT2D eigenvalue weighted by Gasteiger charge is 2.21. The van der Waals surface area contributed by atoms with Gasteiger partial charge in [-0.1, -0.05) is 54.2 Å².